The second-order valence-electron chi connectivity index (χ2n) is 7.65. The molecule has 2 aromatic rings. The van der Waals surface area contributed by atoms with Crippen LogP contribution in [0.5, 0.6) is 0 Å². The Balaban J connectivity index is 0.00000225. The highest BCUT2D eigenvalue weighted by Crippen LogP contribution is 2.16. The fourth-order valence-corrected chi connectivity index (χ4v) is 4.07. The van der Waals surface area contributed by atoms with Crippen LogP contribution < -0.4 is 10.6 Å². The van der Waals surface area contributed by atoms with Crippen LogP contribution in [0.25, 0.3) is 0 Å². The van der Waals surface area contributed by atoms with Crippen LogP contribution in [0.3, 0.4) is 0 Å². The van der Waals surface area contributed by atoms with Crippen molar-refractivity contribution in [3.63, 3.8) is 0 Å². The molecule has 0 bridgehead atoms. The van der Waals surface area contributed by atoms with Gasteiger partial charge >= 0.3 is 0 Å². The highest BCUT2D eigenvalue weighted by molar-refractivity contribution is 5.94. The molecule has 1 saturated heterocycles. The van der Waals surface area contributed by atoms with Crippen molar-refractivity contribution in [3.05, 3.63) is 52.3 Å². The van der Waals surface area contributed by atoms with E-state index in [9.17, 15) is 4.79 Å². The molecule has 2 aliphatic rings. The molecular formula is C21H30ClN5O. The van der Waals surface area contributed by atoms with Gasteiger partial charge in [0, 0.05) is 43.9 Å². The van der Waals surface area contributed by atoms with Crippen molar-refractivity contribution >= 4 is 18.3 Å². The van der Waals surface area contributed by atoms with Gasteiger partial charge in [0.1, 0.15) is 0 Å². The molecule has 0 unspecified atom stereocenters. The Morgan fingerprint density at radius 2 is 1.93 bits per heavy atom. The molecule has 0 spiro atoms. The number of fused-ring (bicyclic) bond motifs is 1. The van der Waals surface area contributed by atoms with Crippen LogP contribution in [0, 0.1) is 0 Å². The summed E-state index contributed by atoms with van der Waals surface area (Å²) in [7, 11) is 0. The number of carbonyl (C=O) groups is 1. The summed E-state index contributed by atoms with van der Waals surface area (Å²) >= 11 is 0. The maximum atomic E-state index is 12.6. The third kappa shape index (κ3) is 5.13. The van der Waals surface area contributed by atoms with Crippen molar-refractivity contribution in [1.82, 2.24) is 25.7 Å². The van der Waals surface area contributed by atoms with Crippen molar-refractivity contribution in [2.75, 3.05) is 19.6 Å². The van der Waals surface area contributed by atoms with Crippen molar-refractivity contribution < 1.29 is 4.79 Å². The van der Waals surface area contributed by atoms with Gasteiger partial charge in [-0.2, -0.15) is 5.10 Å². The minimum absolute atomic E-state index is 0. The largest absolute Gasteiger partial charge is 0.347 e. The van der Waals surface area contributed by atoms with Crippen molar-refractivity contribution in [2.45, 2.75) is 51.7 Å². The van der Waals surface area contributed by atoms with E-state index in [0.29, 0.717) is 18.8 Å². The minimum Gasteiger partial charge on any atom is -0.347 e. The van der Waals surface area contributed by atoms with Gasteiger partial charge in [-0.15, -0.1) is 12.4 Å². The van der Waals surface area contributed by atoms with E-state index in [-0.39, 0.29) is 18.3 Å². The maximum Gasteiger partial charge on any atom is 0.272 e. The second kappa shape index (κ2) is 10.0. The molecule has 3 heterocycles. The lowest BCUT2D eigenvalue weighted by Crippen LogP contribution is -2.28. The number of halogens is 1. The zero-order valence-corrected chi connectivity index (χ0v) is 17.1. The van der Waals surface area contributed by atoms with Crippen molar-refractivity contribution in [2.24, 2.45) is 0 Å². The van der Waals surface area contributed by atoms with Crippen molar-refractivity contribution in [1.29, 1.82) is 0 Å². The average Bonchev–Trinajstić information content (AvgIpc) is 2.96. The molecule has 1 aromatic carbocycles. The molecule has 3 N–H and O–H groups in total. The molecule has 1 fully saturated rings. The zero-order valence-electron chi connectivity index (χ0n) is 16.3. The number of carbonyl (C=O) groups excluding carboxylic acids is 1. The number of nitrogens with one attached hydrogen (secondary N) is 3. The van der Waals surface area contributed by atoms with Gasteiger partial charge in [0.2, 0.25) is 0 Å². The molecule has 6 nitrogen and oxygen atoms in total. The van der Waals surface area contributed by atoms with E-state index in [1.165, 1.54) is 44.3 Å². The van der Waals surface area contributed by atoms with Crippen LogP contribution in [-0.4, -0.2) is 40.6 Å². The van der Waals surface area contributed by atoms with E-state index in [1.54, 1.807) is 0 Å². The Morgan fingerprint density at radius 3 is 2.75 bits per heavy atom. The normalized spacial score (nSPS) is 17.3. The lowest BCUT2D eigenvalue weighted by atomic mass is 10.1. The van der Waals surface area contributed by atoms with Gasteiger partial charge in [0.25, 0.3) is 5.91 Å². The smallest absolute Gasteiger partial charge is 0.272 e. The fourth-order valence-electron chi connectivity index (χ4n) is 4.07. The van der Waals surface area contributed by atoms with Crippen LogP contribution in [-0.2, 0) is 26.1 Å². The summed E-state index contributed by atoms with van der Waals surface area (Å²) in [6.45, 7) is 5.56. The summed E-state index contributed by atoms with van der Waals surface area (Å²) in [5.74, 6) is -0.103. The molecule has 0 saturated carbocycles. The fraction of sp³-hybridized carbons (Fsp3) is 0.524. The number of amides is 1. The molecule has 0 aliphatic carbocycles. The first kappa shape index (κ1) is 20.8. The molecule has 28 heavy (non-hydrogen) atoms. The molecular weight excluding hydrogens is 374 g/mol. The first-order valence-electron chi connectivity index (χ1n) is 10.1. The Labute approximate surface area is 172 Å². The Bertz CT molecular complexity index is 783. The van der Waals surface area contributed by atoms with Crippen molar-refractivity contribution in [3.8, 4) is 0 Å². The number of H-pyrrole nitrogens is 1. The number of rotatable bonds is 5. The quantitative estimate of drug-likeness (QED) is 0.717. The van der Waals surface area contributed by atoms with E-state index >= 15 is 0 Å². The Morgan fingerprint density at radius 1 is 1.14 bits per heavy atom. The number of aromatic amines is 1. The van der Waals surface area contributed by atoms with Crippen LogP contribution in [0.2, 0.25) is 0 Å². The summed E-state index contributed by atoms with van der Waals surface area (Å²) in [6.07, 6.45) is 6.22. The summed E-state index contributed by atoms with van der Waals surface area (Å²) < 4.78 is 0. The standard InChI is InChI=1S/C21H29N5O.ClH/c27-21(20-18-14-22-9-8-19(18)24-25-20)23-13-16-6-5-7-17(12-16)15-26-10-3-1-2-4-11-26;/h5-7,12,22H,1-4,8-11,13-15H2,(H,23,27)(H,24,25);1H. The SMILES string of the molecule is Cl.O=C(NCc1cccc(CN2CCCCCC2)c1)c1n[nH]c2c1CNCC2. The van der Waals surface area contributed by atoms with E-state index in [4.69, 9.17) is 0 Å². The monoisotopic (exact) mass is 403 g/mol. The van der Waals surface area contributed by atoms with E-state index in [1.807, 2.05) is 0 Å². The van der Waals surface area contributed by atoms with Gasteiger partial charge in [0.05, 0.1) is 0 Å². The minimum atomic E-state index is -0.103. The molecule has 4 rings (SSSR count). The number of benzene rings is 1. The number of nitrogens with zero attached hydrogens (tertiary/aromatic N) is 2. The van der Waals surface area contributed by atoms with Crippen LogP contribution in [0.1, 0.15) is 58.6 Å². The topological polar surface area (TPSA) is 73.0 Å². The van der Waals surface area contributed by atoms with Gasteiger partial charge in [-0.05, 0) is 37.1 Å². The number of hydrogen-bond acceptors (Lipinski definition) is 4. The third-order valence-electron chi connectivity index (χ3n) is 5.57. The van der Waals surface area contributed by atoms with Gasteiger partial charge < -0.3 is 10.6 Å². The van der Waals surface area contributed by atoms with Crippen LogP contribution >= 0.6 is 12.4 Å². The first-order chi connectivity index (χ1) is 13.3. The summed E-state index contributed by atoms with van der Waals surface area (Å²) in [5.41, 5.74) is 5.08. The van der Waals surface area contributed by atoms with Crippen LogP contribution in [0.4, 0.5) is 0 Å². The first-order valence-corrected chi connectivity index (χ1v) is 10.1. The lowest BCUT2D eigenvalue weighted by molar-refractivity contribution is 0.0944. The highest BCUT2D eigenvalue weighted by Gasteiger charge is 2.21. The average molecular weight is 404 g/mol. The summed E-state index contributed by atoms with van der Waals surface area (Å²) in [4.78, 5) is 15.1. The van der Waals surface area contributed by atoms with Gasteiger partial charge in [-0.25, -0.2) is 0 Å². The van der Waals surface area contributed by atoms with E-state index in [2.05, 4.69) is 50.0 Å². The Hall–Kier alpha value is -1.89. The second-order valence-corrected chi connectivity index (χ2v) is 7.65. The predicted molar refractivity (Wildman–Crippen MR) is 113 cm³/mol. The van der Waals surface area contributed by atoms with E-state index in [0.717, 1.165) is 36.3 Å². The zero-order chi connectivity index (χ0) is 18.5. The maximum absolute atomic E-state index is 12.6. The van der Waals surface area contributed by atoms with Crippen LogP contribution in [0.15, 0.2) is 24.3 Å². The summed E-state index contributed by atoms with van der Waals surface area (Å²) in [6, 6.07) is 8.57. The Kier molecular flexibility index (Phi) is 7.48. The number of likely N-dealkylation sites (tertiary alicyclic amines) is 1. The molecule has 0 radical (unpaired) electrons. The number of aromatic nitrogens is 2. The number of hydrogen-bond donors (Lipinski definition) is 3. The summed E-state index contributed by atoms with van der Waals surface area (Å²) in [5, 5.41) is 13.6. The molecule has 2 aliphatic heterocycles. The lowest BCUT2D eigenvalue weighted by Gasteiger charge is -2.20. The van der Waals surface area contributed by atoms with Gasteiger partial charge in [-0.1, -0.05) is 37.1 Å². The van der Waals surface area contributed by atoms with Gasteiger partial charge in [0.15, 0.2) is 5.69 Å². The molecule has 7 heteroatoms. The predicted octanol–water partition coefficient (Wildman–Crippen LogP) is 2.78. The molecule has 0 atom stereocenters. The molecule has 1 aromatic heterocycles. The van der Waals surface area contributed by atoms with Gasteiger partial charge in [-0.3, -0.25) is 14.8 Å². The third-order valence-corrected chi connectivity index (χ3v) is 5.57. The molecule has 1 amide bonds. The highest BCUT2D eigenvalue weighted by atomic mass is 35.5. The van der Waals surface area contributed by atoms with E-state index < -0.39 is 0 Å². The molecule has 152 valence electrons.